The van der Waals surface area contributed by atoms with Crippen LogP contribution in [-0.2, 0) is 10.0 Å². The minimum absolute atomic E-state index is 0.0120. The van der Waals surface area contributed by atoms with E-state index in [1.165, 1.54) is 6.07 Å². The van der Waals surface area contributed by atoms with Gasteiger partial charge in [0.1, 0.15) is 10.0 Å². The molecule has 0 spiro atoms. The van der Waals surface area contributed by atoms with E-state index in [1.54, 1.807) is 11.4 Å². The Kier molecular flexibility index (Phi) is 3.96. The highest BCUT2D eigenvalue weighted by molar-refractivity contribution is 9.10. The Balaban J connectivity index is 2.42. The fourth-order valence-corrected chi connectivity index (χ4v) is 4.42. The summed E-state index contributed by atoms with van der Waals surface area (Å²) in [5.74, 6) is -0.550. The molecule has 0 aliphatic heterocycles. The maximum atomic E-state index is 13.0. The number of hydrogen-bond donors (Lipinski definition) is 1. The van der Waals surface area contributed by atoms with E-state index in [2.05, 4.69) is 20.7 Å². The van der Waals surface area contributed by atoms with Gasteiger partial charge in [0.15, 0.2) is 0 Å². The number of anilines is 1. The molecule has 0 aliphatic rings. The van der Waals surface area contributed by atoms with Gasteiger partial charge in [0, 0.05) is 4.47 Å². The molecule has 0 aliphatic carbocycles. The molecule has 0 radical (unpaired) electrons. The first-order valence-electron chi connectivity index (χ1n) is 4.61. The van der Waals surface area contributed by atoms with Crippen molar-refractivity contribution in [1.29, 1.82) is 0 Å². The van der Waals surface area contributed by atoms with Crippen LogP contribution in [0.15, 0.2) is 38.3 Å². The third kappa shape index (κ3) is 2.85. The zero-order valence-electron chi connectivity index (χ0n) is 8.65. The summed E-state index contributed by atoms with van der Waals surface area (Å²) >= 11 is 9.96. The van der Waals surface area contributed by atoms with Gasteiger partial charge >= 0.3 is 0 Å². The monoisotopic (exact) mass is 369 g/mol. The van der Waals surface area contributed by atoms with Crippen molar-refractivity contribution in [2.75, 3.05) is 4.72 Å². The van der Waals surface area contributed by atoms with Crippen molar-refractivity contribution in [2.24, 2.45) is 0 Å². The van der Waals surface area contributed by atoms with Gasteiger partial charge in [-0.2, -0.15) is 0 Å². The van der Waals surface area contributed by atoms with Crippen molar-refractivity contribution < 1.29 is 12.8 Å². The average Bonchev–Trinajstić information content (AvgIpc) is 2.77. The van der Waals surface area contributed by atoms with Crippen LogP contribution in [0.1, 0.15) is 0 Å². The molecule has 0 saturated heterocycles. The molecule has 0 saturated carbocycles. The molecule has 0 atom stereocenters. The fourth-order valence-electron chi connectivity index (χ4n) is 1.24. The molecule has 3 nitrogen and oxygen atoms in total. The Morgan fingerprint density at radius 2 is 2.11 bits per heavy atom. The lowest BCUT2D eigenvalue weighted by molar-refractivity contribution is 0.603. The summed E-state index contributed by atoms with van der Waals surface area (Å²) in [7, 11) is -3.70. The SMILES string of the molecule is O=S(=O)(Nc1c(Cl)cc(F)cc1Br)c1cccs1. The normalized spacial score (nSPS) is 11.5. The molecule has 18 heavy (non-hydrogen) atoms. The highest BCUT2D eigenvalue weighted by atomic mass is 79.9. The molecule has 8 heteroatoms. The molecule has 96 valence electrons. The second-order valence-corrected chi connectivity index (χ2v) is 7.40. The minimum Gasteiger partial charge on any atom is -0.276 e. The summed E-state index contributed by atoms with van der Waals surface area (Å²) in [5.41, 5.74) is 0.117. The average molecular weight is 371 g/mol. The Morgan fingerprint density at radius 1 is 1.39 bits per heavy atom. The van der Waals surface area contributed by atoms with Crippen LogP contribution >= 0.6 is 38.9 Å². The molecule has 1 aromatic heterocycles. The van der Waals surface area contributed by atoms with Crippen LogP contribution in [0.5, 0.6) is 0 Å². The van der Waals surface area contributed by atoms with Gasteiger partial charge in [-0.1, -0.05) is 17.7 Å². The predicted molar refractivity (Wildman–Crippen MR) is 74.2 cm³/mol. The summed E-state index contributed by atoms with van der Waals surface area (Å²) in [6, 6.07) is 5.27. The van der Waals surface area contributed by atoms with Gasteiger partial charge in [0.25, 0.3) is 10.0 Å². The van der Waals surface area contributed by atoms with Crippen LogP contribution in [-0.4, -0.2) is 8.42 Å². The standard InChI is InChI=1S/C10H6BrClFNO2S2/c11-7-4-6(13)5-8(12)10(7)14-18(15,16)9-2-1-3-17-9/h1-5,14H. The number of rotatable bonds is 3. The van der Waals surface area contributed by atoms with Crippen LogP contribution in [0.4, 0.5) is 10.1 Å². The molecular weight excluding hydrogens is 365 g/mol. The lowest BCUT2D eigenvalue weighted by Crippen LogP contribution is -2.12. The number of sulfonamides is 1. The Labute approximate surface area is 121 Å². The van der Waals surface area contributed by atoms with E-state index >= 15 is 0 Å². The van der Waals surface area contributed by atoms with Crippen LogP contribution in [0.25, 0.3) is 0 Å². The summed E-state index contributed by atoms with van der Waals surface area (Å²) in [6.07, 6.45) is 0. The number of hydrogen-bond acceptors (Lipinski definition) is 3. The molecular formula is C10H6BrClFNO2S2. The highest BCUT2D eigenvalue weighted by Gasteiger charge is 2.19. The number of thiophene rings is 1. The third-order valence-corrected chi connectivity index (χ3v) is 5.67. The maximum Gasteiger partial charge on any atom is 0.271 e. The summed E-state index contributed by atoms with van der Waals surface area (Å²) in [6.45, 7) is 0. The maximum absolute atomic E-state index is 13.0. The first-order valence-corrected chi connectivity index (χ1v) is 8.14. The zero-order chi connectivity index (χ0) is 13.3. The molecule has 1 heterocycles. The summed E-state index contributed by atoms with van der Waals surface area (Å²) < 4.78 is 39.7. The van der Waals surface area contributed by atoms with E-state index < -0.39 is 15.8 Å². The second kappa shape index (κ2) is 5.16. The molecule has 0 amide bonds. The van der Waals surface area contributed by atoms with Crippen molar-refractivity contribution in [2.45, 2.75) is 4.21 Å². The summed E-state index contributed by atoms with van der Waals surface area (Å²) in [4.78, 5) is 0. The Morgan fingerprint density at radius 3 is 2.67 bits per heavy atom. The molecule has 1 N–H and O–H groups in total. The van der Waals surface area contributed by atoms with Crippen LogP contribution in [0, 0.1) is 5.82 Å². The van der Waals surface area contributed by atoms with E-state index in [0.29, 0.717) is 0 Å². The highest BCUT2D eigenvalue weighted by Crippen LogP contribution is 2.33. The van der Waals surface area contributed by atoms with Crippen LogP contribution in [0.2, 0.25) is 5.02 Å². The predicted octanol–water partition coefficient (Wildman–Crippen LogP) is 4.10. The van der Waals surface area contributed by atoms with Gasteiger partial charge < -0.3 is 0 Å². The van der Waals surface area contributed by atoms with Gasteiger partial charge in [-0.05, 0) is 39.5 Å². The Bertz CT molecular complexity index is 650. The number of nitrogens with one attached hydrogen (secondary N) is 1. The van der Waals surface area contributed by atoms with E-state index in [-0.39, 0.29) is 19.4 Å². The van der Waals surface area contributed by atoms with E-state index in [4.69, 9.17) is 11.6 Å². The molecule has 0 unspecified atom stereocenters. The van der Waals surface area contributed by atoms with Crippen LogP contribution < -0.4 is 4.72 Å². The fraction of sp³-hybridized carbons (Fsp3) is 0. The molecule has 0 bridgehead atoms. The minimum atomic E-state index is -3.70. The van der Waals surface area contributed by atoms with Gasteiger partial charge in [-0.15, -0.1) is 11.3 Å². The molecule has 2 rings (SSSR count). The van der Waals surface area contributed by atoms with Crippen molar-refractivity contribution in [3.05, 3.63) is 45.0 Å². The van der Waals surface area contributed by atoms with Crippen molar-refractivity contribution in [3.8, 4) is 0 Å². The summed E-state index contributed by atoms with van der Waals surface area (Å²) in [5, 5.41) is 1.64. The van der Waals surface area contributed by atoms with Gasteiger partial charge in [-0.3, -0.25) is 4.72 Å². The number of halogens is 3. The number of benzene rings is 1. The van der Waals surface area contributed by atoms with Gasteiger partial charge in [0.2, 0.25) is 0 Å². The molecule has 1 aromatic carbocycles. The first-order chi connectivity index (χ1) is 8.40. The lowest BCUT2D eigenvalue weighted by atomic mass is 10.3. The van der Waals surface area contributed by atoms with E-state index in [9.17, 15) is 12.8 Å². The van der Waals surface area contributed by atoms with Crippen molar-refractivity contribution in [3.63, 3.8) is 0 Å². The molecule has 0 fully saturated rings. The Hall–Kier alpha value is -0.630. The van der Waals surface area contributed by atoms with E-state index in [0.717, 1.165) is 23.5 Å². The quantitative estimate of drug-likeness (QED) is 0.884. The zero-order valence-corrected chi connectivity index (χ0v) is 12.6. The first kappa shape index (κ1) is 13.8. The van der Waals surface area contributed by atoms with E-state index in [1.807, 2.05) is 0 Å². The second-order valence-electron chi connectivity index (χ2n) is 3.28. The topological polar surface area (TPSA) is 46.2 Å². The molecule has 2 aromatic rings. The largest absolute Gasteiger partial charge is 0.276 e. The van der Waals surface area contributed by atoms with Crippen LogP contribution in [0.3, 0.4) is 0 Å². The smallest absolute Gasteiger partial charge is 0.271 e. The van der Waals surface area contributed by atoms with Crippen molar-refractivity contribution in [1.82, 2.24) is 0 Å². The lowest BCUT2D eigenvalue weighted by Gasteiger charge is -2.10. The van der Waals surface area contributed by atoms with Gasteiger partial charge in [-0.25, -0.2) is 12.8 Å². The van der Waals surface area contributed by atoms with Crippen molar-refractivity contribution >= 4 is 54.6 Å². The van der Waals surface area contributed by atoms with Gasteiger partial charge in [0.05, 0.1) is 10.7 Å². The third-order valence-electron chi connectivity index (χ3n) is 2.00.